The molecule has 3 heteroatoms. The fourth-order valence-corrected chi connectivity index (χ4v) is 8.25. The highest BCUT2D eigenvalue weighted by atomic mass is 16.3. The zero-order valence-electron chi connectivity index (χ0n) is 29.8. The average molecular weight is 704 g/mol. The zero-order chi connectivity index (χ0) is 36.3. The lowest BCUT2D eigenvalue weighted by Gasteiger charge is -2.30. The summed E-state index contributed by atoms with van der Waals surface area (Å²) in [6, 6.07) is 71.1. The Bertz CT molecular complexity index is 3220. The molecular weight excluding hydrogens is 671 g/mol. The molecule has 0 saturated heterocycles. The number of nitrogens with zero attached hydrogens (tertiary/aromatic N) is 1. The van der Waals surface area contributed by atoms with Crippen LogP contribution >= 0.6 is 0 Å². The van der Waals surface area contributed by atoms with Gasteiger partial charge in [0.2, 0.25) is 0 Å². The van der Waals surface area contributed by atoms with Crippen molar-refractivity contribution < 1.29 is 8.83 Å². The predicted molar refractivity (Wildman–Crippen MR) is 229 cm³/mol. The maximum Gasteiger partial charge on any atom is 0.143 e. The molecule has 2 heterocycles. The standard InChI is InChI=1S/C52H33NO2/c1-2-13-36-32-37(25-24-34(36)12-1)40-14-3-7-20-47(40)53(39-29-26-35(27-30-39)42-18-11-19-45-43-16-5-10-23-50(43)55-52(42)45)48-21-8-4-15-41(48)38-28-31-51-46(33-38)44-17-6-9-22-49(44)54-51/h1-33H. The van der Waals surface area contributed by atoms with Crippen LogP contribution in [-0.4, -0.2) is 0 Å². The van der Waals surface area contributed by atoms with Gasteiger partial charge in [0.05, 0.1) is 11.4 Å². The minimum Gasteiger partial charge on any atom is -0.456 e. The lowest BCUT2D eigenvalue weighted by molar-refractivity contribution is 0.669. The Kier molecular flexibility index (Phi) is 7.17. The van der Waals surface area contributed by atoms with E-state index in [-0.39, 0.29) is 0 Å². The molecule has 0 spiro atoms. The smallest absolute Gasteiger partial charge is 0.143 e. The highest BCUT2D eigenvalue weighted by Gasteiger charge is 2.22. The van der Waals surface area contributed by atoms with Gasteiger partial charge in [-0.05, 0) is 82.1 Å². The van der Waals surface area contributed by atoms with E-state index in [1.165, 1.54) is 10.8 Å². The van der Waals surface area contributed by atoms with Gasteiger partial charge in [0.1, 0.15) is 22.3 Å². The van der Waals surface area contributed by atoms with E-state index >= 15 is 0 Å². The summed E-state index contributed by atoms with van der Waals surface area (Å²) < 4.78 is 12.7. The SMILES string of the molecule is c1ccc(N(c2ccc(-c3cccc4c3oc3ccccc34)cc2)c2ccccc2-c2ccc3oc4ccccc4c3c2)c(-c2ccc3ccccc3c2)c1. The molecular formula is C52H33NO2. The molecule has 0 saturated carbocycles. The van der Waals surface area contributed by atoms with Gasteiger partial charge in [0.15, 0.2) is 0 Å². The fraction of sp³-hybridized carbons (Fsp3) is 0. The summed E-state index contributed by atoms with van der Waals surface area (Å²) in [5.74, 6) is 0. The largest absolute Gasteiger partial charge is 0.456 e. The van der Waals surface area contributed by atoms with E-state index in [2.05, 4.69) is 181 Å². The van der Waals surface area contributed by atoms with Crippen LogP contribution in [0.2, 0.25) is 0 Å². The van der Waals surface area contributed by atoms with Gasteiger partial charge in [-0.1, -0.05) is 146 Å². The molecule has 258 valence electrons. The van der Waals surface area contributed by atoms with Gasteiger partial charge in [0.25, 0.3) is 0 Å². The first-order chi connectivity index (χ1) is 27.3. The van der Waals surface area contributed by atoms with E-state index < -0.39 is 0 Å². The van der Waals surface area contributed by atoms with E-state index in [1.807, 2.05) is 24.3 Å². The van der Waals surface area contributed by atoms with Crippen molar-refractivity contribution in [3.05, 3.63) is 200 Å². The number of anilines is 3. The molecule has 0 amide bonds. The average Bonchev–Trinajstić information content (AvgIpc) is 3.83. The van der Waals surface area contributed by atoms with Crippen LogP contribution in [0.25, 0.3) is 88.0 Å². The number of hydrogen-bond acceptors (Lipinski definition) is 3. The molecule has 0 N–H and O–H groups in total. The Morgan fingerprint density at radius 1 is 0.309 bits per heavy atom. The van der Waals surface area contributed by atoms with E-state index in [4.69, 9.17) is 8.83 Å². The van der Waals surface area contributed by atoms with Crippen molar-refractivity contribution in [3.63, 3.8) is 0 Å². The topological polar surface area (TPSA) is 29.5 Å². The summed E-state index contributed by atoms with van der Waals surface area (Å²) in [7, 11) is 0. The van der Waals surface area contributed by atoms with Gasteiger partial charge in [-0.15, -0.1) is 0 Å². The summed E-state index contributed by atoms with van der Waals surface area (Å²) in [6.45, 7) is 0. The first-order valence-electron chi connectivity index (χ1n) is 18.7. The van der Waals surface area contributed by atoms with Gasteiger partial charge in [-0.3, -0.25) is 0 Å². The lowest BCUT2D eigenvalue weighted by Crippen LogP contribution is -2.12. The van der Waals surface area contributed by atoms with Gasteiger partial charge < -0.3 is 13.7 Å². The van der Waals surface area contributed by atoms with Gasteiger partial charge in [-0.2, -0.15) is 0 Å². The Labute approximate surface area is 317 Å². The van der Waals surface area contributed by atoms with E-state index in [0.29, 0.717) is 0 Å². The maximum atomic E-state index is 6.45. The normalized spacial score (nSPS) is 11.6. The van der Waals surface area contributed by atoms with Gasteiger partial charge in [0, 0.05) is 43.9 Å². The maximum absolute atomic E-state index is 6.45. The quantitative estimate of drug-likeness (QED) is 0.173. The zero-order valence-corrected chi connectivity index (χ0v) is 29.8. The molecule has 0 radical (unpaired) electrons. The molecule has 0 aliphatic carbocycles. The summed E-state index contributed by atoms with van der Waals surface area (Å²) in [5, 5.41) is 6.92. The van der Waals surface area contributed by atoms with Crippen LogP contribution in [0.15, 0.2) is 209 Å². The van der Waals surface area contributed by atoms with Crippen molar-refractivity contribution in [2.75, 3.05) is 4.90 Å². The van der Waals surface area contributed by atoms with Crippen LogP contribution in [-0.2, 0) is 0 Å². The van der Waals surface area contributed by atoms with Crippen molar-refractivity contribution >= 4 is 71.7 Å². The molecule has 3 nitrogen and oxygen atoms in total. The van der Waals surface area contributed by atoms with Gasteiger partial charge >= 0.3 is 0 Å². The number of hydrogen-bond donors (Lipinski definition) is 0. The number of benzene rings is 9. The van der Waals surface area contributed by atoms with Crippen LogP contribution in [0.1, 0.15) is 0 Å². The number of fused-ring (bicyclic) bond motifs is 7. The van der Waals surface area contributed by atoms with Crippen molar-refractivity contribution in [3.8, 4) is 33.4 Å². The van der Waals surface area contributed by atoms with E-state index in [9.17, 15) is 0 Å². The molecule has 0 unspecified atom stereocenters. The van der Waals surface area contributed by atoms with Crippen molar-refractivity contribution in [1.29, 1.82) is 0 Å². The number of rotatable bonds is 6. The third kappa shape index (κ3) is 5.20. The first-order valence-corrected chi connectivity index (χ1v) is 18.7. The molecule has 0 bridgehead atoms. The third-order valence-corrected chi connectivity index (χ3v) is 10.9. The second kappa shape index (κ2) is 12.6. The minimum atomic E-state index is 0.885. The van der Waals surface area contributed by atoms with E-state index in [1.54, 1.807) is 0 Å². The van der Waals surface area contributed by atoms with Crippen molar-refractivity contribution in [1.82, 2.24) is 0 Å². The van der Waals surface area contributed by atoms with Crippen LogP contribution in [0.3, 0.4) is 0 Å². The fourth-order valence-electron chi connectivity index (χ4n) is 8.25. The van der Waals surface area contributed by atoms with E-state index in [0.717, 1.165) is 94.3 Å². The molecule has 0 aliphatic heterocycles. The predicted octanol–water partition coefficient (Wildman–Crippen LogP) is 15.1. The molecule has 0 atom stereocenters. The molecule has 9 aromatic carbocycles. The third-order valence-electron chi connectivity index (χ3n) is 10.9. The Morgan fingerprint density at radius 2 is 0.836 bits per heavy atom. The highest BCUT2D eigenvalue weighted by molar-refractivity contribution is 6.10. The molecule has 11 aromatic rings. The first kappa shape index (κ1) is 31.2. The monoisotopic (exact) mass is 703 g/mol. The van der Waals surface area contributed by atoms with Crippen molar-refractivity contribution in [2.45, 2.75) is 0 Å². The molecule has 2 aromatic heterocycles. The Morgan fingerprint density at radius 3 is 1.60 bits per heavy atom. The second-order valence-electron chi connectivity index (χ2n) is 14.1. The number of para-hydroxylation sites is 5. The minimum absolute atomic E-state index is 0.885. The molecule has 0 aliphatic rings. The molecule has 0 fully saturated rings. The van der Waals surface area contributed by atoms with Crippen LogP contribution in [0.5, 0.6) is 0 Å². The summed E-state index contributed by atoms with van der Waals surface area (Å²) in [6.07, 6.45) is 0. The van der Waals surface area contributed by atoms with Crippen LogP contribution in [0.4, 0.5) is 17.1 Å². The molecule has 11 rings (SSSR count). The molecule has 55 heavy (non-hydrogen) atoms. The number of furan rings is 2. The Balaban J connectivity index is 1.11. The lowest BCUT2D eigenvalue weighted by atomic mass is 9.96. The summed E-state index contributed by atoms with van der Waals surface area (Å²) in [5.41, 5.74) is 13.5. The van der Waals surface area contributed by atoms with Gasteiger partial charge in [-0.25, -0.2) is 0 Å². The van der Waals surface area contributed by atoms with Crippen molar-refractivity contribution in [2.24, 2.45) is 0 Å². The second-order valence-corrected chi connectivity index (χ2v) is 14.1. The summed E-state index contributed by atoms with van der Waals surface area (Å²) in [4.78, 5) is 2.41. The highest BCUT2D eigenvalue weighted by Crippen LogP contribution is 2.46. The van der Waals surface area contributed by atoms with Crippen LogP contribution < -0.4 is 4.90 Å². The van der Waals surface area contributed by atoms with Crippen LogP contribution in [0, 0.1) is 0 Å². The summed E-state index contributed by atoms with van der Waals surface area (Å²) >= 11 is 0. The Hall–Kier alpha value is -7.36.